The molecule has 5 heteroatoms. The first-order valence-corrected chi connectivity index (χ1v) is 7.36. The van der Waals surface area contributed by atoms with Gasteiger partial charge in [-0.25, -0.2) is 4.79 Å². The number of hydrogen-bond donors (Lipinski definition) is 1. The van der Waals surface area contributed by atoms with Gasteiger partial charge in [-0.3, -0.25) is 4.79 Å². The molecule has 1 aromatic carbocycles. The second-order valence-corrected chi connectivity index (χ2v) is 5.50. The molecule has 0 aromatic heterocycles. The van der Waals surface area contributed by atoms with Crippen LogP contribution in [-0.2, 0) is 9.53 Å². The maximum absolute atomic E-state index is 12.1. The minimum absolute atomic E-state index is 0.154. The highest BCUT2D eigenvalue weighted by atomic mass is 16.5. The Balaban J connectivity index is 1.84. The smallest absolute Gasteiger partial charge is 0.338 e. The molecule has 114 valence electrons. The first-order valence-electron chi connectivity index (χ1n) is 7.36. The lowest BCUT2D eigenvalue weighted by Gasteiger charge is -2.31. The SMILES string of the molecule is CN(C(=O)COC(=O)c1cccc(N)c1)C1CCCCC1. The van der Waals surface area contributed by atoms with E-state index in [0.717, 1.165) is 25.7 Å². The van der Waals surface area contributed by atoms with Gasteiger partial charge >= 0.3 is 5.97 Å². The van der Waals surface area contributed by atoms with Gasteiger partial charge in [0.25, 0.3) is 5.91 Å². The lowest BCUT2D eigenvalue weighted by atomic mass is 9.94. The van der Waals surface area contributed by atoms with Crippen LogP contribution in [0.2, 0.25) is 0 Å². The topological polar surface area (TPSA) is 72.6 Å². The maximum atomic E-state index is 12.1. The van der Waals surface area contributed by atoms with Crippen molar-refractivity contribution in [2.24, 2.45) is 0 Å². The van der Waals surface area contributed by atoms with Crippen LogP contribution in [-0.4, -0.2) is 36.5 Å². The van der Waals surface area contributed by atoms with Crippen molar-refractivity contribution in [2.75, 3.05) is 19.4 Å². The molecule has 0 spiro atoms. The molecule has 0 heterocycles. The van der Waals surface area contributed by atoms with E-state index in [-0.39, 0.29) is 18.6 Å². The number of carbonyl (C=O) groups excluding carboxylic acids is 2. The molecule has 5 nitrogen and oxygen atoms in total. The molecule has 0 unspecified atom stereocenters. The first kappa shape index (κ1) is 15.4. The van der Waals surface area contributed by atoms with Crippen LogP contribution in [0.5, 0.6) is 0 Å². The monoisotopic (exact) mass is 290 g/mol. The molecule has 1 aromatic rings. The summed E-state index contributed by atoms with van der Waals surface area (Å²) in [4.78, 5) is 25.6. The number of ether oxygens (including phenoxy) is 1. The number of esters is 1. The van der Waals surface area contributed by atoms with Crippen LogP contribution >= 0.6 is 0 Å². The second-order valence-electron chi connectivity index (χ2n) is 5.50. The Morgan fingerprint density at radius 2 is 2.00 bits per heavy atom. The van der Waals surface area contributed by atoms with E-state index in [1.807, 2.05) is 0 Å². The third kappa shape index (κ3) is 4.21. The molecule has 0 saturated heterocycles. The number of hydrogen-bond acceptors (Lipinski definition) is 4. The number of amides is 1. The van der Waals surface area contributed by atoms with E-state index in [1.54, 1.807) is 30.1 Å². The predicted octanol–water partition coefficient (Wildman–Crippen LogP) is 2.22. The number of carbonyl (C=O) groups is 2. The summed E-state index contributed by atoms with van der Waals surface area (Å²) in [5.41, 5.74) is 6.47. The third-order valence-corrected chi connectivity index (χ3v) is 3.96. The standard InChI is InChI=1S/C16H22N2O3/c1-18(14-8-3-2-4-9-14)15(19)11-21-16(20)12-6-5-7-13(17)10-12/h5-7,10,14H,2-4,8-9,11,17H2,1H3. The van der Waals surface area contributed by atoms with Crippen LogP contribution in [0, 0.1) is 0 Å². The molecule has 1 fully saturated rings. The molecule has 1 amide bonds. The summed E-state index contributed by atoms with van der Waals surface area (Å²) in [6.45, 7) is -0.222. The van der Waals surface area contributed by atoms with Gasteiger partial charge in [-0.2, -0.15) is 0 Å². The Morgan fingerprint density at radius 3 is 2.67 bits per heavy atom. The van der Waals surface area contributed by atoms with Gasteiger partial charge in [-0.15, -0.1) is 0 Å². The molecule has 2 N–H and O–H groups in total. The average molecular weight is 290 g/mol. The highest BCUT2D eigenvalue weighted by Crippen LogP contribution is 2.21. The van der Waals surface area contributed by atoms with Gasteiger partial charge in [0.05, 0.1) is 5.56 Å². The third-order valence-electron chi connectivity index (χ3n) is 3.96. The van der Waals surface area contributed by atoms with Gasteiger partial charge in [0.15, 0.2) is 6.61 Å². The quantitative estimate of drug-likeness (QED) is 0.681. The molecule has 1 saturated carbocycles. The summed E-state index contributed by atoms with van der Waals surface area (Å²) in [5, 5.41) is 0. The number of nitrogens with two attached hydrogens (primary N) is 1. The second kappa shape index (κ2) is 7.11. The fourth-order valence-corrected chi connectivity index (χ4v) is 2.65. The van der Waals surface area contributed by atoms with Crippen LogP contribution in [0.3, 0.4) is 0 Å². The molecular formula is C16H22N2O3. The van der Waals surface area contributed by atoms with Crippen molar-refractivity contribution in [3.05, 3.63) is 29.8 Å². The minimum atomic E-state index is -0.521. The number of benzene rings is 1. The summed E-state index contributed by atoms with van der Waals surface area (Å²) in [7, 11) is 1.78. The van der Waals surface area contributed by atoms with E-state index < -0.39 is 5.97 Å². The minimum Gasteiger partial charge on any atom is -0.452 e. The van der Waals surface area contributed by atoms with Crippen LogP contribution < -0.4 is 5.73 Å². The zero-order valence-electron chi connectivity index (χ0n) is 12.4. The number of likely N-dealkylation sites (N-methyl/N-ethyl adjacent to an activating group) is 1. The van der Waals surface area contributed by atoms with E-state index in [2.05, 4.69) is 0 Å². The fourth-order valence-electron chi connectivity index (χ4n) is 2.65. The maximum Gasteiger partial charge on any atom is 0.338 e. The normalized spacial score (nSPS) is 15.5. The van der Waals surface area contributed by atoms with Gasteiger partial charge < -0.3 is 15.4 Å². The van der Waals surface area contributed by atoms with E-state index in [1.165, 1.54) is 12.5 Å². The van der Waals surface area contributed by atoms with Crippen LogP contribution in [0.25, 0.3) is 0 Å². The van der Waals surface area contributed by atoms with E-state index >= 15 is 0 Å². The van der Waals surface area contributed by atoms with Crippen molar-refractivity contribution in [3.8, 4) is 0 Å². The molecule has 0 bridgehead atoms. The van der Waals surface area contributed by atoms with Crippen LogP contribution in [0.4, 0.5) is 5.69 Å². The molecule has 0 radical (unpaired) electrons. The zero-order chi connectivity index (χ0) is 15.2. The average Bonchev–Trinajstić information content (AvgIpc) is 2.52. The van der Waals surface area contributed by atoms with Crippen molar-refractivity contribution in [3.63, 3.8) is 0 Å². The Labute approximate surface area is 125 Å². The Morgan fingerprint density at radius 1 is 1.29 bits per heavy atom. The molecule has 0 aliphatic heterocycles. The Hall–Kier alpha value is -2.04. The van der Waals surface area contributed by atoms with Gasteiger partial charge in [-0.1, -0.05) is 25.3 Å². The van der Waals surface area contributed by atoms with Gasteiger partial charge in [0.2, 0.25) is 0 Å². The van der Waals surface area contributed by atoms with Crippen molar-refractivity contribution >= 4 is 17.6 Å². The van der Waals surface area contributed by atoms with Gasteiger partial charge in [-0.05, 0) is 31.0 Å². The lowest BCUT2D eigenvalue weighted by molar-refractivity contribution is -0.135. The highest BCUT2D eigenvalue weighted by Gasteiger charge is 2.22. The first-order chi connectivity index (χ1) is 10.1. The molecular weight excluding hydrogens is 268 g/mol. The van der Waals surface area contributed by atoms with Crippen molar-refractivity contribution in [1.82, 2.24) is 4.90 Å². The van der Waals surface area contributed by atoms with Crippen molar-refractivity contribution in [1.29, 1.82) is 0 Å². The summed E-state index contributed by atoms with van der Waals surface area (Å²) in [6, 6.07) is 6.81. The number of rotatable bonds is 4. The molecule has 1 aliphatic carbocycles. The fraction of sp³-hybridized carbons (Fsp3) is 0.500. The summed E-state index contributed by atoms with van der Waals surface area (Å²) in [5.74, 6) is -0.674. The summed E-state index contributed by atoms with van der Waals surface area (Å²) in [6.07, 6.45) is 5.62. The van der Waals surface area contributed by atoms with E-state index in [4.69, 9.17) is 10.5 Å². The van der Waals surface area contributed by atoms with Crippen molar-refractivity contribution < 1.29 is 14.3 Å². The lowest BCUT2D eigenvalue weighted by Crippen LogP contribution is -2.40. The zero-order valence-corrected chi connectivity index (χ0v) is 12.4. The molecule has 2 rings (SSSR count). The predicted molar refractivity (Wildman–Crippen MR) is 80.8 cm³/mol. The highest BCUT2D eigenvalue weighted by molar-refractivity contribution is 5.92. The number of nitrogens with zero attached hydrogens (tertiary/aromatic N) is 1. The molecule has 21 heavy (non-hydrogen) atoms. The molecule has 0 atom stereocenters. The van der Waals surface area contributed by atoms with E-state index in [9.17, 15) is 9.59 Å². The van der Waals surface area contributed by atoms with Crippen LogP contribution in [0.1, 0.15) is 42.5 Å². The van der Waals surface area contributed by atoms with Crippen LogP contribution in [0.15, 0.2) is 24.3 Å². The molecule has 1 aliphatic rings. The largest absolute Gasteiger partial charge is 0.452 e. The van der Waals surface area contributed by atoms with Gasteiger partial charge in [0, 0.05) is 18.8 Å². The summed E-state index contributed by atoms with van der Waals surface area (Å²) < 4.78 is 5.07. The Kier molecular flexibility index (Phi) is 5.20. The summed E-state index contributed by atoms with van der Waals surface area (Å²) >= 11 is 0. The van der Waals surface area contributed by atoms with E-state index in [0.29, 0.717) is 11.3 Å². The Bertz CT molecular complexity index is 510. The van der Waals surface area contributed by atoms with Gasteiger partial charge in [0.1, 0.15) is 0 Å². The number of anilines is 1. The number of nitrogen functional groups attached to an aromatic ring is 1. The van der Waals surface area contributed by atoms with Crippen molar-refractivity contribution in [2.45, 2.75) is 38.1 Å².